The molecule has 0 bridgehead atoms. The van der Waals surface area contributed by atoms with Crippen molar-refractivity contribution in [2.45, 2.75) is 13.3 Å². The topological polar surface area (TPSA) is 64.3 Å². The number of rotatable bonds is 4. The zero-order valence-electron chi connectivity index (χ0n) is 13.6. The van der Waals surface area contributed by atoms with E-state index in [2.05, 4.69) is 35.0 Å². The maximum absolute atomic E-state index is 6.19. The van der Waals surface area contributed by atoms with Crippen LogP contribution in [0.15, 0.2) is 18.2 Å². The summed E-state index contributed by atoms with van der Waals surface area (Å²) in [6.45, 7) is 6.87. The Morgan fingerprint density at radius 2 is 2.04 bits per heavy atom. The zero-order valence-corrected chi connectivity index (χ0v) is 15.3. The van der Waals surface area contributed by atoms with Gasteiger partial charge in [0.25, 0.3) is 0 Å². The van der Waals surface area contributed by atoms with Gasteiger partial charge in [0.2, 0.25) is 0 Å². The molecule has 0 atom stereocenters. The molecule has 24 heavy (non-hydrogen) atoms. The maximum Gasteiger partial charge on any atom is 0.173 e. The highest BCUT2D eigenvalue weighted by molar-refractivity contribution is 7.18. The number of fused-ring (bicyclic) bond motifs is 1. The van der Waals surface area contributed by atoms with Crippen molar-refractivity contribution in [1.82, 2.24) is 14.9 Å². The van der Waals surface area contributed by atoms with Crippen LogP contribution < -0.4 is 5.73 Å². The summed E-state index contributed by atoms with van der Waals surface area (Å²) in [6, 6.07) is 6.30. The lowest BCUT2D eigenvalue weighted by atomic mass is 10.2. The lowest BCUT2D eigenvalue weighted by molar-refractivity contribution is 0.0385. The van der Waals surface area contributed by atoms with Gasteiger partial charge in [-0.1, -0.05) is 0 Å². The van der Waals surface area contributed by atoms with E-state index in [1.165, 1.54) is 9.75 Å². The summed E-state index contributed by atoms with van der Waals surface area (Å²) in [5.74, 6) is 1.31. The summed E-state index contributed by atoms with van der Waals surface area (Å²) in [5.41, 5.74) is 6.19. The van der Waals surface area contributed by atoms with Crippen molar-refractivity contribution in [2.24, 2.45) is 0 Å². The van der Waals surface area contributed by atoms with E-state index < -0.39 is 0 Å². The molecule has 4 heterocycles. The molecular weight excluding hydrogens is 340 g/mol. The van der Waals surface area contributed by atoms with E-state index in [4.69, 9.17) is 15.5 Å². The van der Waals surface area contributed by atoms with Crippen molar-refractivity contribution >= 4 is 38.7 Å². The van der Waals surface area contributed by atoms with Crippen LogP contribution in [0.25, 0.3) is 20.9 Å². The standard InChI is InChI=1S/C17H20N4OS2/c1-11-2-3-14(23-11)16-19-15(18)13-10-12(24-17(13)20-16)4-5-21-6-8-22-9-7-21/h2-3,10H,4-9H2,1H3,(H2,18,19,20). The van der Waals surface area contributed by atoms with Gasteiger partial charge in [0, 0.05) is 29.4 Å². The maximum atomic E-state index is 6.19. The molecule has 0 spiro atoms. The van der Waals surface area contributed by atoms with Gasteiger partial charge < -0.3 is 10.5 Å². The first-order valence-corrected chi connectivity index (χ1v) is 9.75. The zero-order chi connectivity index (χ0) is 16.5. The monoisotopic (exact) mass is 360 g/mol. The molecule has 0 radical (unpaired) electrons. The van der Waals surface area contributed by atoms with Crippen LogP contribution in [-0.4, -0.2) is 47.7 Å². The Hall–Kier alpha value is -1.54. The molecular formula is C17H20N4OS2. The van der Waals surface area contributed by atoms with Crippen LogP contribution in [0, 0.1) is 6.92 Å². The average molecular weight is 361 g/mol. The van der Waals surface area contributed by atoms with E-state index in [-0.39, 0.29) is 0 Å². The first-order chi connectivity index (χ1) is 11.7. The number of hydrogen-bond donors (Lipinski definition) is 1. The number of hydrogen-bond acceptors (Lipinski definition) is 7. The van der Waals surface area contributed by atoms with Gasteiger partial charge in [0.1, 0.15) is 10.6 Å². The Morgan fingerprint density at radius 1 is 1.21 bits per heavy atom. The molecule has 0 saturated carbocycles. The highest BCUT2D eigenvalue weighted by Crippen LogP contribution is 2.32. The second-order valence-electron chi connectivity index (χ2n) is 5.98. The quantitative estimate of drug-likeness (QED) is 0.774. The van der Waals surface area contributed by atoms with E-state index in [9.17, 15) is 0 Å². The molecule has 0 amide bonds. The number of nitrogens with zero attached hydrogens (tertiary/aromatic N) is 3. The largest absolute Gasteiger partial charge is 0.383 e. The predicted octanol–water partition coefficient (Wildman–Crippen LogP) is 3.19. The number of morpholine rings is 1. The molecule has 3 aromatic heterocycles. The second kappa shape index (κ2) is 6.76. The molecule has 4 rings (SSSR count). The van der Waals surface area contributed by atoms with Crippen molar-refractivity contribution in [2.75, 3.05) is 38.6 Å². The van der Waals surface area contributed by atoms with Gasteiger partial charge in [-0.05, 0) is 31.5 Å². The van der Waals surface area contributed by atoms with Crippen molar-refractivity contribution < 1.29 is 4.74 Å². The predicted molar refractivity (Wildman–Crippen MR) is 101 cm³/mol. The normalized spacial score (nSPS) is 16.0. The summed E-state index contributed by atoms with van der Waals surface area (Å²) in [5, 5.41) is 0.981. The smallest absolute Gasteiger partial charge is 0.173 e. The summed E-state index contributed by atoms with van der Waals surface area (Å²) in [6.07, 6.45) is 1.02. The highest BCUT2D eigenvalue weighted by Gasteiger charge is 2.14. The number of anilines is 1. The lowest BCUT2D eigenvalue weighted by Gasteiger charge is -2.26. The van der Waals surface area contributed by atoms with E-state index in [0.717, 1.165) is 60.2 Å². The summed E-state index contributed by atoms with van der Waals surface area (Å²) in [4.78, 5) is 16.3. The first kappa shape index (κ1) is 16.0. The van der Waals surface area contributed by atoms with Crippen molar-refractivity contribution in [3.8, 4) is 10.7 Å². The average Bonchev–Trinajstić information content (AvgIpc) is 3.20. The SMILES string of the molecule is Cc1ccc(-c2nc(N)c3cc(CCN4CCOCC4)sc3n2)s1. The van der Waals surface area contributed by atoms with Gasteiger partial charge in [-0.2, -0.15) is 0 Å². The number of aromatic nitrogens is 2. The van der Waals surface area contributed by atoms with E-state index in [1.807, 2.05) is 0 Å². The molecule has 2 N–H and O–H groups in total. The molecule has 7 heteroatoms. The van der Waals surface area contributed by atoms with Crippen LogP contribution in [0.2, 0.25) is 0 Å². The molecule has 0 aliphatic carbocycles. The van der Waals surface area contributed by atoms with Gasteiger partial charge in [0.05, 0.1) is 23.5 Å². The number of nitrogen functional groups attached to an aromatic ring is 1. The van der Waals surface area contributed by atoms with Crippen molar-refractivity contribution in [1.29, 1.82) is 0 Å². The van der Waals surface area contributed by atoms with Crippen LogP contribution >= 0.6 is 22.7 Å². The fourth-order valence-corrected chi connectivity index (χ4v) is 4.70. The van der Waals surface area contributed by atoms with E-state index in [0.29, 0.717) is 5.82 Å². The van der Waals surface area contributed by atoms with Gasteiger partial charge >= 0.3 is 0 Å². The molecule has 3 aromatic rings. The van der Waals surface area contributed by atoms with Crippen LogP contribution in [0.3, 0.4) is 0 Å². The Morgan fingerprint density at radius 3 is 2.79 bits per heavy atom. The number of nitrogens with two attached hydrogens (primary N) is 1. The van der Waals surface area contributed by atoms with Crippen LogP contribution in [0.1, 0.15) is 9.75 Å². The Labute approximate surface area is 149 Å². The molecule has 1 aliphatic rings. The van der Waals surface area contributed by atoms with Gasteiger partial charge in [-0.3, -0.25) is 4.90 Å². The lowest BCUT2D eigenvalue weighted by Crippen LogP contribution is -2.37. The number of thiophene rings is 2. The third kappa shape index (κ3) is 3.30. The molecule has 1 saturated heterocycles. The van der Waals surface area contributed by atoms with Crippen LogP contribution in [-0.2, 0) is 11.2 Å². The third-order valence-corrected chi connectivity index (χ3v) is 6.30. The van der Waals surface area contributed by atoms with Crippen molar-refractivity contribution in [3.63, 3.8) is 0 Å². The third-order valence-electron chi connectivity index (χ3n) is 4.21. The Kier molecular flexibility index (Phi) is 4.49. The molecule has 1 aliphatic heterocycles. The van der Waals surface area contributed by atoms with Crippen molar-refractivity contribution in [3.05, 3.63) is 28.0 Å². The fraction of sp³-hybridized carbons (Fsp3) is 0.412. The molecule has 0 unspecified atom stereocenters. The highest BCUT2D eigenvalue weighted by atomic mass is 32.1. The molecule has 5 nitrogen and oxygen atoms in total. The molecule has 0 aromatic carbocycles. The first-order valence-electron chi connectivity index (χ1n) is 8.12. The van der Waals surface area contributed by atoms with Gasteiger partial charge in [-0.25, -0.2) is 9.97 Å². The van der Waals surface area contributed by atoms with Crippen LogP contribution in [0.4, 0.5) is 5.82 Å². The molecule has 126 valence electrons. The fourth-order valence-electron chi connectivity index (χ4n) is 2.87. The molecule has 1 fully saturated rings. The Bertz CT molecular complexity index is 852. The summed E-state index contributed by atoms with van der Waals surface area (Å²) >= 11 is 3.43. The number of ether oxygens (including phenoxy) is 1. The summed E-state index contributed by atoms with van der Waals surface area (Å²) in [7, 11) is 0. The minimum Gasteiger partial charge on any atom is -0.383 e. The van der Waals surface area contributed by atoms with Gasteiger partial charge in [-0.15, -0.1) is 22.7 Å². The Balaban J connectivity index is 1.56. The number of aryl methyl sites for hydroxylation is 1. The van der Waals surface area contributed by atoms with E-state index in [1.54, 1.807) is 22.7 Å². The minimum atomic E-state index is 0.579. The van der Waals surface area contributed by atoms with E-state index >= 15 is 0 Å². The summed E-state index contributed by atoms with van der Waals surface area (Å²) < 4.78 is 5.40. The minimum absolute atomic E-state index is 0.579. The second-order valence-corrected chi connectivity index (χ2v) is 8.38. The van der Waals surface area contributed by atoms with Gasteiger partial charge in [0.15, 0.2) is 5.82 Å². The van der Waals surface area contributed by atoms with Crippen LogP contribution in [0.5, 0.6) is 0 Å².